The van der Waals surface area contributed by atoms with E-state index in [9.17, 15) is 14.3 Å². The Morgan fingerprint density at radius 1 is 1.23 bits per heavy atom. The number of carboxylic acid groups (broad SMARTS) is 1. The van der Waals surface area contributed by atoms with Crippen molar-refractivity contribution in [2.75, 3.05) is 38.2 Å². The van der Waals surface area contributed by atoms with E-state index in [-0.39, 0.29) is 17.1 Å². The molecule has 26 heavy (non-hydrogen) atoms. The van der Waals surface area contributed by atoms with Gasteiger partial charge in [-0.25, -0.2) is 9.18 Å². The summed E-state index contributed by atoms with van der Waals surface area (Å²) in [6.45, 7) is 3.50. The van der Waals surface area contributed by atoms with Gasteiger partial charge in [-0.2, -0.15) is 0 Å². The third-order valence-corrected chi connectivity index (χ3v) is 4.96. The van der Waals surface area contributed by atoms with Crippen LogP contribution in [-0.4, -0.2) is 49.3 Å². The van der Waals surface area contributed by atoms with Crippen molar-refractivity contribution in [3.05, 3.63) is 58.4 Å². The molecule has 3 rings (SSSR count). The topological polar surface area (TPSA) is 53.0 Å². The standard InChI is InChI=1S/C19H20ClFN2O3/c1-26-18-11-13(5-6-17(18)21)23-9-7-22(8-10-23)12-15-14(19(24)25)3-2-4-16(15)20/h2-6,11H,7-10,12H2,1H3,(H,24,25). The molecule has 0 aliphatic carbocycles. The summed E-state index contributed by atoms with van der Waals surface area (Å²) in [4.78, 5) is 15.7. The smallest absolute Gasteiger partial charge is 0.336 e. The number of carbonyl (C=O) groups is 1. The van der Waals surface area contributed by atoms with Crippen LogP contribution in [0.2, 0.25) is 5.02 Å². The van der Waals surface area contributed by atoms with E-state index in [0.29, 0.717) is 17.1 Å². The molecule has 0 aromatic heterocycles. The molecule has 5 nitrogen and oxygen atoms in total. The zero-order valence-electron chi connectivity index (χ0n) is 14.4. The SMILES string of the molecule is COc1cc(N2CCN(Cc3c(Cl)cccc3C(=O)O)CC2)ccc1F. The van der Waals surface area contributed by atoms with Crippen LogP contribution < -0.4 is 9.64 Å². The zero-order chi connectivity index (χ0) is 18.7. The summed E-state index contributed by atoms with van der Waals surface area (Å²) in [6, 6.07) is 9.78. The summed E-state index contributed by atoms with van der Waals surface area (Å²) in [5, 5.41) is 9.82. The lowest BCUT2D eigenvalue weighted by Gasteiger charge is -2.36. The average Bonchev–Trinajstić information content (AvgIpc) is 2.64. The molecule has 2 aromatic rings. The second kappa shape index (κ2) is 7.93. The number of methoxy groups -OCH3 is 1. The predicted octanol–water partition coefficient (Wildman–Crippen LogP) is 3.51. The van der Waals surface area contributed by atoms with Crippen LogP contribution in [-0.2, 0) is 6.54 Å². The molecule has 0 radical (unpaired) electrons. The Kier molecular flexibility index (Phi) is 5.64. The molecule has 0 saturated carbocycles. The molecule has 2 aromatic carbocycles. The summed E-state index contributed by atoms with van der Waals surface area (Å²) in [5.74, 6) is -1.12. The van der Waals surface area contributed by atoms with Crippen LogP contribution in [0.3, 0.4) is 0 Å². The minimum absolute atomic E-state index is 0.229. The fourth-order valence-electron chi connectivity index (χ4n) is 3.15. The third kappa shape index (κ3) is 3.92. The van der Waals surface area contributed by atoms with Gasteiger partial charge in [0.05, 0.1) is 12.7 Å². The van der Waals surface area contributed by atoms with Crippen molar-refractivity contribution in [1.82, 2.24) is 4.90 Å². The van der Waals surface area contributed by atoms with Gasteiger partial charge in [0.15, 0.2) is 11.6 Å². The fourth-order valence-corrected chi connectivity index (χ4v) is 3.39. The van der Waals surface area contributed by atoms with Crippen LogP contribution in [0.4, 0.5) is 10.1 Å². The molecule has 1 heterocycles. The van der Waals surface area contributed by atoms with Gasteiger partial charge in [0.2, 0.25) is 0 Å². The number of anilines is 1. The molecular weight excluding hydrogens is 359 g/mol. The maximum absolute atomic E-state index is 13.6. The first-order valence-electron chi connectivity index (χ1n) is 8.31. The monoisotopic (exact) mass is 378 g/mol. The molecule has 138 valence electrons. The van der Waals surface area contributed by atoms with Crippen LogP contribution in [0.1, 0.15) is 15.9 Å². The van der Waals surface area contributed by atoms with Crippen molar-refractivity contribution < 1.29 is 19.0 Å². The van der Waals surface area contributed by atoms with E-state index in [0.717, 1.165) is 31.9 Å². The number of carboxylic acids is 1. The molecule has 1 fully saturated rings. The van der Waals surface area contributed by atoms with E-state index in [1.807, 2.05) is 0 Å². The maximum atomic E-state index is 13.6. The van der Waals surface area contributed by atoms with Crippen LogP contribution in [0.25, 0.3) is 0 Å². The van der Waals surface area contributed by atoms with Crippen LogP contribution in [0.15, 0.2) is 36.4 Å². The maximum Gasteiger partial charge on any atom is 0.336 e. The minimum atomic E-state index is -0.973. The summed E-state index contributed by atoms with van der Waals surface area (Å²) < 4.78 is 18.6. The van der Waals surface area contributed by atoms with Gasteiger partial charge in [-0.05, 0) is 29.8 Å². The second-order valence-corrected chi connectivity index (χ2v) is 6.56. The van der Waals surface area contributed by atoms with Crippen LogP contribution in [0, 0.1) is 5.82 Å². The first kappa shape index (κ1) is 18.5. The van der Waals surface area contributed by atoms with Gasteiger partial charge in [0.1, 0.15) is 0 Å². The lowest BCUT2D eigenvalue weighted by molar-refractivity contribution is 0.0694. The molecule has 0 spiro atoms. The Labute approximate surface area is 156 Å². The minimum Gasteiger partial charge on any atom is -0.494 e. The van der Waals surface area contributed by atoms with Gasteiger partial charge >= 0.3 is 5.97 Å². The number of nitrogens with zero attached hydrogens (tertiary/aromatic N) is 2. The summed E-state index contributed by atoms with van der Waals surface area (Å²) in [5.41, 5.74) is 1.79. The van der Waals surface area contributed by atoms with E-state index in [4.69, 9.17) is 16.3 Å². The first-order chi connectivity index (χ1) is 12.5. The number of piperazine rings is 1. The van der Waals surface area contributed by atoms with Gasteiger partial charge in [-0.1, -0.05) is 17.7 Å². The Hall–Kier alpha value is -2.31. The molecular formula is C19H20ClFN2O3. The molecule has 0 bridgehead atoms. The number of ether oxygens (including phenoxy) is 1. The molecule has 1 aliphatic rings. The van der Waals surface area contributed by atoms with E-state index in [2.05, 4.69) is 9.80 Å². The van der Waals surface area contributed by atoms with E-state index in [1.165, 1.54) is 13.2 Å². The van der Waals surface area contributed by atoms with Crippen molar-refractivity contribution in [3.8, 4) is 5.75 Å². The van der Waals surface area contributed by atoms with E-state index in [1.54, 1.807) is 30.3 Å². The zero-order valence-corrected chi connectivity index (χ0v) is 15.2. The summed E-state index contributed by atoms with van der Waals surface area (Å²) in [7, 11) is 1.45. The van der Waals surface area contributed by atoms with Crippen molar-refractivity contribution in [2.24, 2.45) is 0 Å². The summed E-state index contributed by atoms with van der Waals surface area (Å²) >= 11 is 6.22. The highest BCUT2D eigenvalue weighted by Gasteiger charge is 2.21. The second-order valence-electron chi connectivity index (χ2n) is 6.15. The molecule has 1 saturated heterocycles. The van der Waals surface area contributed by atoms with Crippen molar-refractivity contribution in [3.63, 3.8) is 0 Å². The number of aromatic carboxylic acids is 1. The molecule has 0 amide bonds. The number of benzene rings is 2. The fraction of sp³-hybridized carbons (Fsp3) is 0.316. The first-order valence-corrected chi connectivity index (χ1v) is 8.69. The number of halogens is 2. The van der Waals surface area contributed by atoms with Crippen LogP contribution >= 0.6 is 11.6 Å². The van der Waals surface area contributed by atoms with E-state index < -0.39 is 5.97 Å². The Balaban J connectivity index is 1.67. The largest absolute Gasteiger partial charge is 0.494 e. The van der Waals surface area contributed by atoms with Gasteiger partial charge in [0, 0.05) is 49.5 Å². The lowest BCUT2D eigenvalue weighted by Crippen LogP contribution is -2.46. The van der Waals surface area contributed by atoms with Gasteiger partial charge < -0.3 is 14.7 Å². The Morgan fingerprint density at radius 3 is 2.62 bits per heavy atom. The van der Waals surface area contributed by atoms with Crippen molar-refractivity contribution in [2.45, 2.75) is 6.54 Å². The molecule has 7 heteroatoms. The van der Waals surface area contributed by atoms with Gasteiger partial charge in [-0.15, -0.1) is 0 Å². The predicted molar refractivity (Wildman–Crippen MR) is 98.9 cm³/mol. The highest BCUT2D eigenvalue weighted by molar-refractivity contribution is 6.31. The Morgan fingerprint density at radius 2 is 1.96 bits per heavy atom. The third-order valence-electron chi connectivity index (χ3n) is 4.60. The summed E-state index contributed by atoms with van der Waals surface area (Å²) in [6.07, 6.45) is 0. The van der Waals surface area contributed by atoms with Gasteiger partial charge in [-0.3, -0.25) is 4.90 Å². The molecule has 0 atom stereocenters. The normalized spacial score (nSPS) is 15.1. The van der Waals surface area contributed by atoms with Crippen LogP contribution in [0.5, 0.6) is 5.75 Å². The Bertz CT molecular complexity index is 807. The molecule has 0 unspecified atom stereocenters. The van der Waals surface area contributed by atoms with Crippen molar-refractivity contribution in [1.29, 1.82) is 0 Å². The lowest BCUT2D eigenvalue weighted by atomic mass is 10.1. The van der Waals surface area contributed by atoms with E-state index >= 15 is 0 Å². The highest BCUT2D eigenvalue weighted by Crippen LogP contribution is 2.27. The van der Waals surface area contributed by atoms with Crippen molar-refractivity contribution >= 4 is 23.3 Å². The number of hydrogen-bond acceptors (Lipinski definition) is 4. The number of hydrogen-bond donors (Lipinski definition) is 1. The average molecular weight is 379 g/mol. The molecule has 1 aliphatic heterocycles. The molecule has 1 N–H and O–H groups in total. The van der Waals surface area contributed by atoms with Gasteiger partial charge in [0.25, 0.3) is 0 Å². The quantitative estimate of drug-likeness (QED) is 0.862. The number of rotatable bonds is 5. The highest BCUT2D eigenvalue weighted by atomic mass is 35.5.